The van der Waals surface area contributed by atoms with Crippen LogP contribution in [0.3, 0.4) is 0 Å². The monoisotopic (exact) mass is 1020 g/mol. The first kappa shape index (κ1) is 50.8. The number of hydrogen-bond acceptors (Lipinski definition) is 3. The molecule has 0 spiro atoms. The lowest BCUT2D eigenvalue weighted by Gasteiger charge is -2.36. The van der Waals surface area contributed by atoms with Gasteiger partial charge in [-0.05, 0) is 175 Å². The van der Waals surface area contributed by atoms with Gasteiger partial charge in [-0.3, -0.25) is 9.55 Å². The summed E-state index contributed by atoms with van der Waals surface area (Å²) in [6.07, 6.45) is 5.64. The molecule has 1 N–H and O–H groups in total. The first-order valence-corrected chi connectivity index (χ1v) is 28.1. The Morgan fingerprint density at radius 3 is 1.61 bits per heavy atom. The minimum Gasteiger partial charge on any atom is -0.507 e. The molecule has 0 aliphatic heterocycles. The zero-order valence-electron chi connectivity index (χ0n) is 51.6. The van der Waals surface area contributed by atoms with Crippen molar-refractivity contribution in [1.82, 2.24) is 14.5 Å². The van der Waals surface area contributed by atoms with Crippen molar-refractivity contribution in [3.63, 3.8) is 0 Å². The van der Waals surface area contributed by atoms with Gasteiger partial charge in [0.2, 0.25) is 0 Å². The van der Waals surface area contributed by atoms with Gasteiger partial charge in [-0.25, -0.2) is 4.98 Å². The van der Waals surface area contributed by atoms with Crippen molar-refractivity contribution in [1.29, 1.82) is 0 Å². The minimum absolute atomic E-state index is 0.128. The van der Waals surface area contributed by atoms with Crippen LogP contribution >= 0.6 is 0 Å². The van der Waals surface area contributed by atoms with Crippen molar-refractivity contribution < 1.29 is 9.22 Å². The first-order valence-electron chi connectivity index (χ1n) is 29.6. The molecule has 0 amide bonds. The van der Waals surface area contributed by atoms with Gasteiger partial charge in [0.1, 0.15) is 11.6 Å². The van der Waals surface area contributed by atoms with Crippen LogP contribution in [0.2, 0.25) is 0 Å². The number of hydrogen-bond donors (Lipinski definition) is 1. The molecule has 4 nitrogen and oxygen atoms in total. The van der Waals surface area contributed by atoms with Gasteiger partial charge >= 0.3 is 0 Å². The number of rotatable bonds is 13. The number of aromatic nitrogens is 3. The number of phenolic OH excluding ortho intramolecular Hbond substituents is 1. The standard InChI is InChI=1S/C73H83N3O/c1-17-72(15,18-2)59-29-25-30-60(73(16,19-3)20-4)65(59)52-36-37-63(47(5)40-52)76-64-31-24-28-57(66(64)75-68(76)58-45-56(70(9,10)11)46-61(67(58)77)71(12,13)14)53-41-54(43-55(42-53)69(6,7)8)62-44-51(38-39-74-62)50-34-32-49(33-35-50)48-26-22-21-23-27-48/h21-46,77H,17-20H2,1-16H3/i5D3. The number of phenols is 1. The molecule has 0 atom stereocenters. The van der Waals surface area contributed by atoms with Crippen LogP contribution in [0.15, 0.2) is 158 Å². The zero-order chi connectivity index (χ0) is 57.9. The first-order chi connectivity index (χ1) is 37.6. The van der Waals surface area contributed by atoms with E-state index in [1.54, 1.807) is 0 Å². The Balaban J connectivity index is 1.33. The zero-order valence-corrected chi connectivity index (χ0v) is 48.6. The van der Waals surface area contributed by atoms with Crippen LogP contribution < -0.4 is 0 Å². The Kier molecular flexibility index (Phi) is 13.7. The lowest BCUT2D eigenvalue weighted by molar-refractivity contribution is 0.426. The molecule has 9 aromatic rings. The maximum Gasteiger partial charge on any atom is 0.149 e. The van der Waals surface area contributed by atoms with E-state index in [1.165, 1.54) is 16.7 Å². The van der Waals surface area contributed by atoms with E-state index in [9.17, 15) is 9.22 Å². The van der Waals surface area contributed by atoms with Gasteiger partial charge in [0.05, 0.1) is 28.0 Å². The van der Waals surface area contributed by atoms with E-state index >= 15 is 0 Å². The van der Waals surface area contributed by atoms with Gasteiger partial charge in [-0.1, -0.05) is 207 Å². The van der Waals surface area contributed by atoms with E-state index in [0.717, 1.165) is 98.1 Å². The molecule has 0 bridgehead atoms. The summed E-state index contributed by atoms with van der Waals surface area (Å²) in [6, 6.07) is 53.3. The molecule has 0 unspecified atom stereocenters. The van der Waals surface area contributed by atoms with Crippen molar-refractivity contribution in [2.45, 2.75) is 163 Å². The third-order valence-electron chi connectivity index (χ3n) is 17.2. The molecule has 0 saturated carbocycles. The lowest BCUT2D eigenvalue weighted by Crippen LogP contribution is -2.25. The second-order valence-corrected chi connectivity index (χ2v) is 25.3. The fourth-order valence-corrected chi connectivity index (χ4v) is 11.2. The summed E-state index contributed by atoms with van der Waals surface area (Å²) in [5.41, 5.74) is 17.1. The third-order valence-corrected chi connectivity index (χ3v) is 17.2. The number of fused-ring (bicyclic) bond motifs is 1. The van der Waals surface area contributed by atoms with Crippen molar-refractivity contribution in [3.05, 3.63) is 191 Å². The average Bonchev–Trinajstić information content (AvgIpc) is 4.06. The minimum atomic E-state index is -2.54. The molecule has 7 aromatic carbocycles. The molecule has 0 saturated heterocycles. The molecule has 0 aliphatic rings. The maximum atomic E-state index is 12.8. The number of imidazole rings is 1. The van der Waals surface area contributed by atoms with Gasteiger partial charge in [-0.2, -0.15) is 0 Å². The molecule has 0 radical (unpaired) electrons. The highest BCUT2D eigenvalue weighted by molar-refractivity contribution is 5.97. The molecule has 9 rings (SSSR count). The van der Waals surface area contributed by atoms with Crippen molar-refractivity contribution >= 4 is 11.0 Å². The Morgan fingerprint density at radius 2 is 1.03 bits per heavy atom. The highest BCUT2D eigenvalue weighted by Crippen LogP contribution is 2.48. The number of para-hydroxylation sites is 1. The summed E-state index contributed by atoms with van der Waals surface area (Å²) >= 11 is 0. The fraction of sp³-hybridized carbons (Fsp3) is 0.342. The summed E-state index contributed by atoms with van der Waals surface area (Å²) in [5, 5.41) is 12.8. The molecule has 0 aliphatic carbocycles. The van der Waals surface area contributed by atoms with E-state index in [1.807, 2.05) is 41.1 Å². The average molecular weight is 1020 g/mol. The number of benzene rings is 7. The number of aromatic hydroxyl groups is 1. The summed E-state index contributed by atoms with van der Waals surface area (Å²) in [4.78, 5) is 10.7. The van der Waals surface area contributed by atoms with Crippen LogP contribution in [-0.2, 0) is 27.1 Å². The Hall–Kier alpha value is -7.04. The smallest absolute Gasteiger partial charge is 0.149 e. The maximum absolute atomic E-state index is 12.8. The molecule has 2 heterocycles. The second-order valence-electron chi connectivity index (χ2n) is 25.3. The summed E-state index contributed by atoms with van der Waals surface area (Å²) in [6.45, 7) is 30.8. The quantitative estimate of drug-likeness (QED) is 0.125. The molecular formula is C73H83N3O. The Morgan fingerprint density at radius 1 is 0.468 bits per heavy atom. The number of pyridine rings is 1. The van der Waals surface area contributed by atoms with Gasteiger partial charge < -0.3 is 5.11 Å². The van der Waals surface area contributed by atoms with Crippen LogP contribution in [0, 0.1) is 6.85 Å². The third kappa shape index (κ3) is 10.5. The van der Waals surface area contributed by atoms with Crippen LogP contribution in [-0.4, -0.2) is 19.6 Å². The van der Waals surface area contributed by atoms with Crippen LogP contribution in [0.1, 0.15) is 167 Å². The van der Waals surface area contributed by atoms with Gasteiger partial charge in [0.25, 0.3) is 0 Å². The number of aryl methyl sites for hydroxylation is 1. The predicted molar refractivity (Wildman–Crippen MR) is 330 cm³/mol. The number of nitrogens with zero attached hydrogens (tertiary/aromatic N) is 3. The second kappa shape index (κ2) is 20.7. The van der Waals surface area contributed by atoms with E-state index in [4.69, 9.17) is 9.97 Å². The lowest BCUT2D eigenvalue weighted by atomic mass is 9.68. The van der Waals surface area contributed by atoms with Gasteiger partial charge in [-0.15, -0.1) is 0 Å². The fourth-order valence-electron chi connectivity index (χ4n) is 11.2. The normalized spacial score (nSPS) is 13.4. The summed E-state index contributed by atoms with van der Waals surface area (Å²) in [5.74, 6) is 0.596. The van der Waals surface area contributed by atoms with E-state index < -0.39 is 12.3 Å². The SMILES string of the molecule is [2H]C([2H])([2H])c1cc(-c2c(C(C)(CC)CC)cccc2C(C)(CC)CC)ccc1-n1c(-c2cc(C(C)(C)C)cc(C(C)(C)C)c2O)nc2c(-c3cc(-c4cc(-c5ccc(-c6ccccc6)cc5)ccn4)cc(C(C)(C)C)c3)cccc21. The predicted octanol–water partition coefficient (Wildman–Crippen LogP) is 20.5. The molecular weight excluding hydrogens is 935 g/mol. The van der Waals surface area contributed by atoms with E-state index in [0.29, 0.717) is 22.6 Å². The molecule has 396 valence electrons. The van der Waals surface area contributed by atoms with Crippen LogP contribution in [0.25, 0.3) is 83.9 Å². The van der Waals surface area contributed by atoms with Crippen molar-refractivity contribution in [2.75, 3.05) is 0 Å². The molecule has 77 heavy (non-hydrogen) atoms. The van der Waals surface area contributed by atoms with E-state index in [2.05, 4.69) is 225 Å². The topological polar surface area (TPSA) is 50.9 Å². The van der Waals surface area contributed by atoms with Crippen LogP contribution in [0.4, 0.5) is 0 Å². The van der Waals surface area contributed by atoms with Gasteiger partial charge in [0.15, 0.2) is 0 Å². The van der Waals surface area contributed by atoms with E-state index in [-0.39, 0.29) is 33.0 Å². The summed E-state index contributed by atoms with van der Waals surface area (Å²) in [7, 11) is 0. The Labute approximate surface area is 466 Å². The van der Waals surface area contributed by atoms with Crippen molar-refractivity contribution in [2.24, 2.45) is 0 Å². The molecule has 2 aromatic heterocycles. The highest BCUT2D eigenvalue weighted by Gasteiger charge is 2.34. The summed E-state index contributed by atoms with van der Waals surface area (Å²) < 4.78 is 30.4. The molecule has 0 fully saturated rings. The highest BCUT2D eigenvalue weighted by atomic mass is 16.3. The largest absolute Gasteiger partial charge is 0.507 e. The molecule has 4 heteroatoms. The van der Waals surface area contributed by atoms with Crippen LogP contribution in [0.5, 0.6) is 5.75 Å². The van der Waals surface area contributed by atoms with Gasteiger partial charge in [0, 0.05) is 27.0 Å². The van der Waals surface area contributed by atoms with Crippen molar-refractivity contribution in [3.8, 4) is 78.6 Å². The Bertz CT molecular complexity index is 3680.